The first kappa shape index (κ1) is 17.6. The smallest absolute Gasteiger partial charge is 0.315 e. The average Bonchev–Trinajstić information content (AvgIpc) is 2.60. The van der Waals surface area contributed by atoms with Gasteiger partial charge in [0.05, 0.1) is 12.6 Å². The van der Waals surface area contributed by atoms with E-state index in [0.29, 0.717) is 6.42 Å². The van der Waals surface area contributed by atoms with Crippen molar-refractivity contribution in [2.24, 2.45) is 0 Å². The molecule has 0 heterocycles. The molecule has 4 nitrogen and oxygen atoms in total. The maximum atomic E-state index is 11.8. The van der Waals surface area contributed by atoms with Crippen molar-refractivity contribution in [3.8, 4) is 11.8 Å². The van der Waals surface area contributed by atoms with E-state index in [9.17, 15) is 9.90 Å². The number of hydrogen-bond acceptors (Lipinski definition) is 2. The lowest BCUT2D eigenvalue weighted by Gasteiger charge is -2.18. The largest absolute Gasteiger partial charge is 0.388 e. The lowest BCUT2D eigenvalue weighted by atomic mass is 10.0. The first-order valence-corrected chi connectivity index (χ1v) is 7.96. The molecule has 3 N–H and O–H groups in total. The Balaban J connectivity index is 1.71. The van der Waals surface area contributed by atoms with Gasteiger partial charge < -0.3 is 15.7 Å². The number of carbonyl (C=O) groups is 1. The van der Waals surface area contributed by atoms with Gasteiger partial charge in [-0.3, -0.25) is 0 Å². The van der Waals surface area contributed by atoms with Crippen molar-refractivity contribution in [3.05, 3.63) is 71.8 Å². The van der Waals surface area contributed by atoms with Crippen LogP contribution in [0.1, 0.15) is 30.6 Å². The molecule has 2 aromatic carbocycles. The molecule has 0 aliphatic heterocycles. The Hall–Kier alpha value is -2.77. The molecular formula is C20H22N2O2. The Kier molecular flexibility index (Phi) is 6.88. The Morgan fingerprint density at radius 1 is 1.08 bits per heavy atom. The standard InChI is InChI=1S/C20H22N2O2/c1-16(15-19(23)18-12-6-3-7-13-18)22-20(24)21-14-8-11-17-9-4-2-5-10-17/h2-7,9-10,12-13,16,19,23H,14-15H2,1H3,(H2,21,22,24)/t16-,19+/m0/s1. The van der Waals surface area contributed by atoms with Crippen molar-refractivity contribution in [1.29, 1.82) is 0 Å². The molecular weight excluding hydrogens is 300 g/mol. The second-order valence-corrected chi connectivity index (χ2v) is 5.56. The summed E-state index contributed by atoms with van der Waals surface area (Å²) in [5.74, 6) is 5.88. The molecule has 0 radical (unpaired) electrons. The first-order chi connectivity index (χ1) is 11.6. The van der Waals surface area contributed by atoms with Crippen LogP contribution in [0.15, 0.2) is 60.7 Å². The zero-order valence-electron chi connectivity index (χ0n) is 13.7. The summed E-state index contributed by atoms with van der Waals surface area (Å²) in [4.78, 5) is 11.8. The van der Waals surface area contributed by atoms with Gasteiger partial charge in [-0.1, -0.05) is 60.4 Å². The van der Waals surface area contributed by atoms with Crippen molar-refractivity contribution in [3.63, 3.8) is 0 Å². The van der Waals surface area contributed by atoms with Gasteiger partial charge in [0.2, 0.25) is 0 Å². The van der Waals surface area contributed by atoms with Crippen LogP contribution in [0.25, 0.3) is 0 Å². The van der Waals surface area contributed by atoms with Crippen LogP contribution in [-0.2, 0) is 0 Å². The van der Waals surface area contributed by atoms with Gasteiger partial charge in [0.25, 0.3) is 0 Å². The number of hydrogen-bond donors (Lipinski definition) is 3. The molecule has 2 amide bonds. The van der Waals surface area contributed by atoms with Gasteiger partial charge in [-0.05, 0) is 31.0 Å². The SMILES string of the molecule is C[C@@H](C[C@@H](O)c1ccccc1)NC(=O)NCC#Cc1ccccc1. The maximum absolute atomic E-state index is 11.8. The number of urea groups is 1. The predicted octanol–water partition coefficient (Wildman–Crippen LogP) is 2.85. The molecule has 124 valence electrons. The molecule has 2 atom stereocenters. The fourth-order valence-corrected chi connectivity index (χ4v) is 2.27. The highest BCUT2D eigenvalue weighted by atomic mass is 16.3. The second kappa shape index (κ2) is 9.39. The third-order valence-electron chi connectivity index (χ3n) is 3.48. The highest BCUT2D eigenvalue weighted by molar-refractivity contribution is 5.74. The fraction of sp³-hybridized carbons (Fsp3) is 0.250. The third-order valence-corrected chi connectivity index (χ3v) is 3.48. The zero-order chi connectivity index (χ0) is 17.2. The molecule has 0 bridgehead atoms. The van der Waals surface area contributed by atoms with Crippen LogP contribution in [0.3, 0.4) is 0 Å². The van der Waals surface area contributed by atoms with E-state index < -0.39 is 6.10 Å². The Morgan fingerprint density at radius 3 is 2.38 bits per heavy atom. The number of nitrogens with one attached hydrogen (secondary N) is 2. The molecule has 0 saturated heterocycles. The van der Waals surface area contributed by atoms with E-state index in [2.05, 4.69) is 22.5 Å². The van der Waals surface area contributed by atoms with E-state index in [4.69, 9.17) is 0 Å². The average molecular weight is 322 g/mol. The van der Waals surface area contributed by atoms with Crippen molar-refractivity contribution >= 4 is 6.03 Å². The summed E-state index contributed by atoms with van der Waals surface area (Å²) in [6.07, 6.45) is -0.146. The second-order valence-electron chi connectivity index (χ2n) is 5.56. The minimum Gasteiger partial charge on any atom is -0.388 e. The van der Waals surface area contributed by atoms with Crippen LogP contribution in [-0.4, -0.2) is 23.7 Å². The summed E-state index contributed by atoms with van der Waals surface area (Å²) in [6.45, 7) is 2.13. The van der Waals surface area contributed by atoms with Crippen LogP contribution < -0.4 is 10.6 Å². The van der Waals surface area contributed by atoms with Crippen LogP contribution in [0.5, 0.6) is 0 Å². The van der Waals surface area contributed by atoms with Gasteiger partial charge in [0, 0.05) is 11.6 Å². The molecule has 2 rings (SSSR count). The van der Waals surface area contributed by atoms with E-state index in [0.717, 1.165) is 11.1 Å². The third kappa shape index (κ3) is 6.15. The summed E-state index contributed by atoms with van der Waals surface area (Å²) in [6, 6.07) is 18.6. The molecule has 0 unspecified atom stereocenters. The van der Waals surface area contributed by atoms with Gasteiger partial charge in [-0.15, -0.1) is 0 Å². The van der Waals surface area contributed by atoms with E-state index in [1.54, 1.807) is 0 Å². The number of benzene rings is 2. The predicted molar refractivity (Wildman–Crippen MR) is 95.3 cm³/mol. The summed E-state index contributed by atoms with van der Waals surface area (Å²) in [5.41, 5.74) is 1.76. The van der Waals surface area contributed by atoms with Crippen molar-refractivity contribution in [2.75, 3.05) is 6.54 Å². The Labute approximate surface area is 142 Å². The van der Waals surface area contributed by atoms with E-state index in [1.807, 2.05) is 67.6 Å². The molecule has 0 saturated carbocycles. The number of aliphatic hydroxyl groups is 1. The quantitative estimate of drug-likeness (QED) is 0.741. The monoisotopic (exact) mass is 322 g/mol. The normalized spacial score (nSPS) is 12.4. The maximum Gasteiger partial charge on any atom is 0.315 e. The van der Waals surface area contributed by atoms with Gasteiger partial charge in [-0.25, -0.2) is 4.79 Å². The minimum atomic E-state index is -0.598. The first-order valence-electron chi connectivity index (χ1n) is 7.96. The lowest BCUT2D eigenvalue weighted by Crippen LogP contribution is -2.41. The molecule has 0 fully saturated rings. The molecule has 0 aliphatic rings. The molecule has 24 heavy (non-hydrogen) atoms. The van der Waals surface area contributed by atoms with E-state index in [-0.39, 0.29) is 18.6 Å². The summed E-state index contributed by atoms with van der Waals surface area (Å²) in [7, 11) is 0. The van der Waals surface area contributed by atoms with Gasteiger partial charge in [0.1, 0.15) is 0 Å². The van der Waals surface area contributed by atoms with Crippen molar-refractivity contribution < 1.29 is 9.90 Å². The van der Waals surface area contributed by atoms with Gasteiger partial charge >= 0.3 is 6.03 Å². The highest BCUT2D eigenvalue weighted by Crippen LogP contribution is 2.17. The van der Waals surface area contributed by atoms with Crippen LogP contribution in [0.4, 0.5) is 4.79 Å². The van der Waals surface area contributed by atoms with Crippen molar-refractivity contribution in [1.82, 2.24) is 10.6 Å². The van der Waals surface area contributed by atoms with Crippen LogP contribution >= 0.6 is 0 Å². The molecule has 0 aliphatic carbocycles. The number of aliphatic hydroxyl groups excluding tert-OH is 1. The fourth-order valence-electron chi connectivity index (χ4n) is 2.27. The molecule has 2 aromatic rings. The Bertz CT molecular complexity index is 690. The van der Waals surface area contributed by atoms with E-state index >= 15 is 0 Å². The van der Waals surface area contributed by atoms with Gasteiger partial charge in [-0.2, -0.15) is 0 Å². The molecule has 0 spiro atoms. The van der Waals surface area contributed by atoms with Crippen LogP contribution in [0.2, 0.25) is 0 Å². The Morgan fingerprint density at radius 2 is 1.71 bits per heavy atom. The minimum absolute atomic E-state index is 0.151. The number of rotatable bonds is 5. The number of carbonyl (C=O) groups excluding carboxylic acids is 1. The van der Waals surface area contributed by atoms with E-state index in [1.165, 1.54) is 0 Å². The lowest BCUT2D eigenvalue weighted by molar-refractivity contribution is 0.154. The molecule has 4 heteroatoms. The van der Waals surface area contributed by atoms with Crippen LogP contribution in [0, 0.1) is 11.8 Å². The van der Waals surface area contributed by atoms with Gasteiger partial charge in [0.15, 0.2) is 0 Å². The zero-order valence-corrected chi connectivity index (χ0v) is 13.7. The topological polar surface area (TPSA) is 61.4 Å². The molecule has 0 aromatic heterocycles. The number of amides is 2. The summed E-state index contributed by atoms with van der Waals surface area (Å²) in [5, 5.41) is 15.6. The summed E-state index contributed by atoms with van der Waals surface area (Å²) >= 11 is 0. The summed E-state index contributed by atoms with van der Waals surface area (Å²) < 4.78 is 0. The highest BCUT2D eigenvalue weighted by Gasteiger charge is 2.13. The van der Waals surface area contributed by atoms with Crippen molar-refractivity contribution in [2.45, 2.75) is 25.5 Å².